The molecule has 0 bridgehead atoms. The number of anilines is 2. The molecule has 1 aromatic heterocycles. The SMILES string of the molecule is CCNC(=O)Oc1ccc2c(N)c(-c3ccc(NC(=O)O[C@H](C)C4CC4)cc3)n(C3CCC3)c2c1. The predicted molar refractivity (Wildman–Crippen MR) is 137 cm³/mol. The molecule has 2 amide bonds. The van der Waals surface area contributed by atoms with Gasteiger partial charge in [0, 0.05) is 35.3 Å². The topological polar surface area (TPSA) is 108 Å². The summed E-state index contributed by atoms with van der Waals surface area (Å²) in [4.78, 5) is 24.2. The number of rotatable bonds is 7. The molecule has 1 heterocycles. The maximum Gasteiger partial charge on any atom is 0.412 e. The molecule has 0 saturated heterocycles. The first-order valence-corrected chi connectivity index (χ1v) is 12.4. The summed E-state index contributed by atoms with van der Waals surface area (Å²) in [5.41, 5.74) is 10.9. The Hall–Kier alpha value is -3.68. The highest BCUT2D eigenvalue weighted by atomic mass is 16.6. The van der Waals surface area contributed by atoms with Gasteiger partial charge in [-0.1, -0.05) is 12.1 Å². The number of amides is 2. The maximum absolute atomic E-state index is 12.2. The van der Waals surface area contributed by atoms with Gasteiger partial charge in [0.15, 0.2) is 0 Å². The zero-order valence-electron chi connectivity index (χ0n) is 20.2. The highest BCUT2D eigenvalue weighted by molar-refractivity contribution is 6.02. The number of fused-ring (bicyclic) bond motifs is 1. The number of benzene rings is 2. The van der Waals surface area contributed by atoms with Crippen LogP contribution < -0.4 is 21.1 Å². The highest BCUT2D eigenvalue weighted by Gasteiger charge is 2.31. The number of nitrogen functional groups attached to an aromatic ring is 1. The molecule has 3 aromatic rings. The largest absolute Gasteiger partial charge is 0.446 e. The smallest absolute Gasteiger partial charge is 0.412 e. The van der Waals surface area contributed by atoms with Crippen LogP contribution in [0.25, 0.3) is 22.2 Å². The second-order valence-electron chi connectivity index (χ2n) is 9.47. The van der Waals surface area contributed by atoms with E-state index in [9.17, 15) is 9.59 Å². The summed E-state index contributed by atoms with van der Waals surface area (Å²) in [6.07, 6.45) is 4.59. The van der Waals surface area contributed by atoms with E-state index in [0.29, 0.717) is 35.6 Å². The number of aromatic nitrogens is 1. The molecule has 2 fully saturated rings. The van der Waals surface area contributed by atoms with Crippen LogP contribution in [0.15, 0.2) is 42.5 Å². The van der Waals surface area contributed by atoms with Crippen molar-refractivity contribution in [1.29, 1.82) is 0 Å². The van der Waals surface area contributed by atoms with Gasteiger partial charge in [-0.2, -0.15) is 0 Å². The molecule has 2 aliphatic rings. The van der Waals surface area contributed by atoms with Crippen LogP contribution in [-0.2, 0) is 4.74 Å². The molecule has 8 heteroatoms. The fourth-order valence-electron chi connectivity index (χ4n) is 4.68. The summed E-state index contributed by atoms with van der Waals surface area (Å²) >= 11 is 0. The van der Waals surface area contributed by atoms with Gasteiger partial charge in [-0.15, -0.1) is 0 Å². The lowest BCUT2D eigenvalue weighted by atomic mass is 9.92. The Labute approximate surface area is 204 Å². The van der Waals surface area contributed by atoms with Crippen molar-refractivity contribution in [1.82, 2.24) is 9.88 Å². The van der Waals surface area contributed by atoms with Gasteiger partial charge in [0.05, 0.1) is 16.9 Å². The summed E-state index contributed by atoms with van der Waals surface area (Å²) in [5.74, 6) is 0.970. The fraction of sp³-hybridized carbons (Fsp3) is 0.407. The predicted octanol–water partition coefficient (Wildman–Crippen LogP) is 6.07. The number of hydrogen-bond acceptors (Lipinski definition) is 5. The van der Waals surface area contributed by atoms with E-state index in [2.05, 4.69) is 15.2 Å². The number of carbonyl (C=O) groups is 2. The lowest BCUT2D eigenvalue weighted by Gasteiger charge is -2.30. The molecular formula is C27H32N4O4. The molecule has 2 saturated carbocycles. The normalized spacial score (nSPS) is 16.4. The Morgan fingerprint density at radius 2 is 1.83 bits per heavy atom. The number of nitrogens with two attached hydrogens (primary N) is 1. The van der Waals surface area contributed by atoms with Crippen molar-refractivity contribution in [3.8, 4) is 17.0 Å². The zero-order valence-corrected chi connectivity index (χ0v) is 20.2. The van der Waals surface area contributed by atoms with E-state index in [1.54, 1.807) is 6.07 Å². The molecule has 4 N–H and O–H groups in total. The number of nitrogens with zero attached hydrogens (tertiary/aromatic N) is 1. The van der Waals surface area contributed by atoms with Crippen LogP contribution in [0.4, 0.5) is 21.0 Å². The quantitative estimate of drug-likeness (QED) is 0.384. The lowest BCUT2D eigenvalue weighted by molar-refractivity contribution is 0.108. The van der Waals surface area contributed by atoms with Crippen LogP contribution in [0.1, 0.15) is 52.0 Å². The third kappa shape index (κ3) is 4.78. The van der Waals surface area contributed by atoms with Crippen molar-refractivity contribution >= 4 is 34.5 Å². The van der Waals surface area contributed by atoms with Crippen molar-refractivity contribution in [2.45, 2.75) is 58.1 Å². The Morgan fingerprint density at radius 3 is 2.46 bits per heavy atom. The number of nitrogens with one attached hydrogen (secondary N) is 2. The summed E-state index contributed by atoms with van der Waals surface area (Å²) in [5, 5.41) is 6.39. The summed E-state index contributed by atoms with van der Waals surface area (Å²) in [7, 11) is 0. The molecule has 35 heavy (non-hydrogen) atoms. The van der Waals surface area contributed by atoms with Gasteiger partial charge in [0.2, 0.25) is 0 Å². The van der Waals surface area contributed by atoms with Gasteiger partial charge in [-0.25, -0.2) is 9.59 Å². The molecule has 1 atom stereocenters. The maximum atomic E-state index is 12.2. The van der Waals surface area contributed by atoms with Gasteiger partial charge < -0.3 is 25.1 Å². The van der Waals surface area contributed by atoms with E-state index in [-0.39, 0.29) is 6.10 Å². The molecule has 2 aliphatic carbocycles. The van der Waals surface area contributed by atoms with E-state index >= 15 is 0 Å². The van der Waals surface area contributed by atoms with Crippen molar-refractivity contribution in [3.63, 3.8) is 0 Å². The van der Waals surface area contributed by atoms with Gasteiger partial charge in [-0.05, 0) is 76.1 Å². The van der Waals surface area contributed by atoms with Crippen molar-refractivity contribution in [3.05, 3.63) is 42.5 Å². The first-order valence-electron chi connectivity index (χ1n) is 12.4. The molecule has 0 aliphatic heterocycles. The molecule has 8 nitrogen and oxygen atoms in total. The van der Waals surface area contributed by atoms with Crippen molar-refractivity contribution in [2.75, 3.05) is 17.6 Å². The van der Waals surface area contributed by atoms with Crippen molar-refractivity contribution in [2.24, 2.45) is 5.92 Å². The molecule has 5 rings (SSSR count). The summed E-state index contributed by atoms with van der Waals surface area (Å²) in [6, 6.07) is 13.6. The van der Waals surface area contributed by atoms with E-state index < -0.39 is 12.2 Å². The molecule has 0 spiro atoms. The lowest BCUT2D eigenvalue weighted by Crippen LogP contribution is -2.26. The van der Waals surface area contributed by atoms with Crippen molar-refractivity contribution < 1.29 is 19.1 Å². The summed E-state index contributed by atoms with van der Waals surface area (Å²) < 4.78 is 13.2. The first kappa shape index (κ1) is 23.1. The van der Waals surface area contributed by atoms with Crippen LogP contribution in [0.3, 0.4) is 0 Å². The number of carbonyl (C=O) groups excluding carboxylic acids is 2. The Kier molecular flexibility index (Phi) is 6.28. The Bertz CT molecular complexity index is 1240. The third-order valence-electron chi connectivity index (χ3n) is 6.97. The van der Waals surface area contributed by atoms with Gasteiger partial charge in [0.25, 0.3) is 0 Å². The fourth-order valence-corrected chi connectivity index (χ4v) is 4.68. The van der Waals surface area contributed by atoms with E-state index in [1.807, 2.05) is 50.2 Å². The average molecular weight is 477 g/mol. The monoisotopic (exact) mass is 476 g/mol. The average Bonchev–Trinajstić information content (AvgIpc) is 3.60. The van der Waals surface area contributed by atoms with Gasteiger partial charge in [-0.3, -0.25) is 5.32 Å². The number of hydrogen-bond donors (Lipinski definition) is 3. The minimum Gasteiger partial charge on any atom is -0.446 e. The standard InChI is InChI=1S/C27H32N4O4/c1-3-29-26(32)35-21-13-14-22-23(15-21)31(20-5-4-6-20)25(24(22)28)18-9-11-19(12-10-18)30-27(33)34-16(2)17-7-8-17/h9-17,20H,3-8,28H2,1-2H3,(H,29,32)(H,30,33)/t16-/m1/s1. The molecule has 0 radical (unpaired) electrons. The second-order valence-corrected chi connectivity index (χ2v) is 9.47. The molecular weight excluding hydrogens is 444 g/mol. The van der Waals surface area contributed by atoms with E-state index in [1.165, 1.54) is 6.42 Å². The Balaban J connectivity index is 1.43. The van der Waals surface area contributed by atoms with Crippen LogP contribution in [0.5, 0.6) is 5.75 Å². The van der Waals surface area contributed by atoms with Crippen LogP contribution >= 0.6 is 0 Å². The van der Waals surface area contributed by atoms with Gasteiger partial charge in [0.1, 0.15) is 11.9 Å². The summed E-state index contributed by atoms with van der Waals surface area (Å²) in [6.45, 7) is 4.28. The van der Waals surface area contributed by atoms with Crippen LogP contribution in [0.2, 0.25) is 0 Å². The van der Waals surface area contributed by atoms with Gasteiger partial charge >= 0.3 is 12.2 Å². The van der Waals surface area contributed by atoms with Crippen LogP contribution in [0, 0.1) is 5.92 Å². The second kappa shape index (κ2) is 9.52. The molecule has 184 valence electrons. The molecule has 0 unspecified atom stereocenters. The minimum absolute atomic E-state index is 0.0610. The highest BCUT2D eigenvalue weighted by Crippen LogP contribution is 2.45. The van der Waals surface area contributed by atoms with Crippen LogP contribution in [-0.4, -0.2) is 29.4 Å². The third-order valence-corrected chi connectivity index (χ3v) is 6.97. The Morgan fingerprint density at radius 1 is 1.09 bits per heavy atom. The first-order chi connectivity index (χ1) is 16.9. The zero-order chi connectivity index (χ0) is 24.5. The molecule has 2 aromatic carbocycles. The van der Waals surface area contributed by atoms with E-state index in [4.69, 9.17) is 15.2 Å². The minimum atomic E-state index is -0.477. The van der Waals surface area contributed by atoms with E-state index in [0.717, 1.165) is 47.8 Å². The number of ether oxygens (including phenoxy) is 2.